The van der Waals surface area contributed by atoms with Crippen molar-refractivity contribution in [2.45, 2.75) is 37.7 Å². The van der Waals surface area contributed by atoms with Crippen LogP contribution in [0.2, 0.25) is 10.0 Å². The molecular formula is C26H25Cl2N5OS. The first-order valence-electron chi connectivity index (χ1n) is 11.2. The second-order valence-electron chi connectivity index (χ2n) is 7.90. The van der Waals surface area contributed by atoms with E-state index in [-0.39, 0.29) is 12.6 Å². The van der Waals surface area contributed by atoms with Gasteiger partial charge in [0.1, 0.15) is 0 Å². The predicted octanol–water partition coefficient (Wildman–Crippen LogP) is 7.06. The van der Waals surface area contributed by atoms with Gasteiger partial charge in [0.05, 0.1) is 17.3 Å². The van der Waals surface area contributed by atoms with E-state index in [0.717, 1.165) is 17.9 Å². The average Bonchev–Trinajstić information content (AvgIpc) is 3.25. The normalized spacial score (nSPS) is 10.9. The maximum atomic E-state index is 12.5. The number of nitrogens with one attached hydrogen (secondary N) is 2. The molecule has 0 radical (unpaired) electrons. The standard InChI is InChI=1S/C26H25Cl2N5OS/c1-3-18-8-11-21(12-9-18)30-25(34)29-15-24-31-32-26(35-16-19-7-5-4-6-17(19)2)33(24)23-13-10-20(27)14-22(23)28/h4-14H,3,15-16H2,1-2H3,(H2,29,30,34). The third-order valence-corrected chi connectivity index (χ3v) is 7.01. The van der Waals surface area contributed by atoms with E-state index in [2.05, 4.69) is 46.8 Å². The number of rotatable bonds is 8. The largest absolute Gasteiger partial charge is 0.331 e. The number of amides is 2. The number of urea groups is 1. The average molecular weight is 526 g/mol. The molecule has 0 atom stereocenters. The summed E-state index contributed by atoms with van der Waals surface area (Å²) in [5.41, 5.74) is 5.04. The van der Waals surface area contributed by atoms with Crippen LogP contribution in [0.1, 0.15) is 29.4 Å². The Morgan fingerprint density at radius 3 is 2.51 bits per heavy atom. The first-order valence-corrected chi connectivity index (χ1v) is 12.9. The number of carbonyl (C=O) groups excluding carboxylic acids is 1. The molecule has 1 heterocycles. The van der Waals surface area contributed by atoms with Crippen molar-refractivity contribution in [1.82, 2.24) is 20.1 Å². The van der Waals surface area contributed by atoms with E-state index in [1.807, 2.05) is 47.0 Å². The van der Waals surface area contributed by atoms with Crippen LogP contribution in [0.25, 0.3) is 5.69 Å². The Labute approximate surface area is 219 Å². The third-order valence-electron chi connectivity index (χ3n) is 5.50. The van der Waals surface area contributed by atoms with Crippen molar-refractivity contribution in [3.05, 3.63) is 99.3 Å². The van der Waals surface area contributed by atoms with E-state index in [1.165, 1.54) is 16.7 Å². The summed E-state index contributed by atoms with van der Waals surface area (Å²) in [6.07, 6.45) is 0.944. The molecule has 0 bridgehead atoms. The highest BCUT2D eigenvalue weighted by atomic mass is 35.5. The second-order valence-corrected chi connectivity index (χ2v) is 9.69. The highest BCUT2D eigenvalue weighted by Crippen LogP contribution is 2.31. The minimum atomic E-state index is -0.333. The van der Waals surface area contributed by atoms with Crippen LogP contribution in [0.3, 0.4) is 0 Å². The van der Waals surface area contributed by atoms with E-state index in [0.29, 0.717) is 26.7 Å². The summed E-state index contributed by atoms with van der Waals surface area (Å²) in [6, 6.07) is 20.9. The Bertz CT molecular complexity index is 1320. The number of carbonyl (C=O) groups is 1. The Kier molecular flexibility index (Phi) is 8.33. The number of aromatic nitrogens is 3. The Hall–Kier alpha value is -3.00. The number of halogens is 2. The highest BCUT2D eigenvalue weighted by Gasteiger charge is 2.18. The molecule has 35 heavy (non-hydrogen) atoms. The lowest BCUT2D eigenvalue weighted by Crippen LogP contribution is -2.29. The monoisotopic (exact) mass is 525 g/mol. The van der Waals surface area contributed by atoms with Gasteiger partial charge in [-0.05, 0) is 60.4 Å². The molecule has 4 aromatic rings. The number of hydrogen-bond acceptors (Lipinski definition) is 4. The summed E-state index contributed by atoms with van der Waals surface area (Å²) in [5, 5.41) is 16.1. The SMILES string of the molecule is CCc1ccc(NC(=O)NCc2nnc(SCc3ccccc3C)n2-c2ccc(Cl)cc2Cl)cc1. The summed E-state index contributed by atoms with van der Waals surface area (Å²) in [6.45, 7) is 4.34. The van der Waals surface area contributed by atoms with Gasteiger partial charge < -0.3 is 10.6 Å². The van der Waals surface area contributed by atoms with Crippen LogP contribution in [0.4, 0.5) is 10.5 Å². The predicted molar refractivity (Wildman–Crippen MR) is 144 cm³/mol. The first-order chi connectivity index (χ1) is 16.9. The molecule has 0 aliphatic heterocycles. The van der Waals surface area contributed by atoms with Gasteiger partial charge in [-0.1, -0.05) is 78.3 Å². The van der Waals surface area contributed by atoms with Gasteiger partial charge in [-0.25, -0.2) is 4.79 Å². The molecule has 6 nitrogen and oxygen atoms in total. The zero-order valence-electron chi connectivity index (χ0n) is 19.4. The highest BCUT2D eigenvalue weighted by molar-refractivity contribution is 7.98. The molecule has 0 unspecified atom stereocenters. The van der Waals surface area contributed by atoms with E-state index in [1.54, 1.807) is 23.9 Å². The zero-order valence-corrected chi connectivity index (χ0v) is 21.7. The minimum Gasteiger partial charge on any atom is -0.331 e. The zero-order chi connectivity index (χ0) is 24.8. The lowest BCUT2D eigenvalue weighted by Gasteiger charge is -2.13. The fourth-order valence-corrected chi connectivity index (χ4v) is 5.02. The van der Waals surface area contributed by atoms with Gasteiger partial charge in [0, 0.05) is 16.5 Å². The van der Waals surface area contributed by atoms with Crippen molar-refractivity contribution in [2.24, 2.45) is 0 Å². The summed E-state index contributed by atoms with van der Waals surface area (Å²) in [4.78, 5) is 12.5. The number of anilines is 1. The second kappa shape index (κ2) is 11.6. The van der Waals surface area contributed by atoms with Gasteiger partial charge in [-0.3, -0.25) is 4.57 Å². The van der Waals surface area contributed by atoms with E-state index >= 15 is 0 Å². The van der Waals surface area contributed by atoms with E-state index < -0.39 is 0 Å². The van der Waals surface area contributed by atoms with Crippen LogP contribution in [0, 0.1) is 6.92 Å². The van der Waals surface area contributed by atoms with Gasteiger partial charge in [0.25, 0.3) is 0 Å². The molecule has 9 heteroatoms. The van der Waals surface area contributed by atoms with Crippen LogP contribution >= 0.6 is 35.0 Å². The topological polar surface area (TPSA) is 71.8 Å². The number of hydrogen-bond donors (Lipinski definition) is 2. The summed E-state index contributed by atoms with van der Waals surface area (Å²) < 4.78 is 1.86. The smallest absolute Gasteiger partial charge is 0.319 e. The van der Waals surface area contributed by atoms with Crippen molar-refractivity contribution in [3.63, 3.8) is 0 Å². The first kappa shape index (κ1) is 25.1. The van der Waals surface area contributed by atoms with Crippen molar-refractivity contribution in [1.29, 1.82) is 0 Å². The van der Waals surface area contributed by atoms with Gasteiger partial charge in [-0.2, -0.15) is 0 Å². The molecule has 3 aromatic carbocycles. The molecule has 0 saturated heterocycles. The molecule has 2 N–H and O–H groups in total. The van der Waals surface area contributed by atoms with Crippen LogP contribution in [-0.2, 0) is 18.7 Å². The number of nitrogens with zero attached hydrogens (tertiary/aromatic N) is 3. The molecule has 180 valence electrons. The molecule has 1 aromatic heterocycles. The summed E-state index contributed by atoms with van der Waals surface area (Å²) in [5.74, 6) is 1.27. The number of benzene rings is 3. The maximum Gasteiger partial charge on any atom is 0.319 e. The summed E-state index contributed by atoms with van der Waals surface area (Å²) in [7, 11) is 0. The van der Waals surface area contributed by atoms with Crippen LogP contribution < -0.4 is 10.6 Å². The molecule has 0 aliphatic carbocycles. The fraction of sp³-hybridized carbons (Fsp3) is 0.192. The summed E-state index contributed by atoms with van der Waals surface area (Å²) >= 11 is 14.2. The van der Waals surface area contributed by atoms with Crippen molar-refractivity contribution >= 4 is 46.7 Å². The Balaban J connectivity index is 1.53. The maximum absolute atomic E-state index is 12.5. The Morgan fingerprint density at radius 1 is 1.03 bits per heavy atom. The van der Waals surface area contributed by atoms with Crippen LogP contribution in [0.15, 0.2) is 71.9 Å². The van der Waals surface area contributed by atoms with E-state index in [9.17, 15) is 4.79 Å². The Morgan fingerprint density at radius 2 is 1.80 bits per heavy atom. The van der Waals surface area contributed by atoms with Gasteiger partial charge in [0.2, 0.25) is 0 Å². The third kappa shape index (κ3) is 6.36. The molecule has 0 spiro atoms. The van der Waals surface area contributed by atoms with Crippen molar-refractivity contribution in [2.75, 3.05) is 5.32 Å². The van der Waals surface area contributed by atoms with Crippen LogP contribution in [0.5, 0.6) is 0 Å². The van der Waals surface area contributed by atoms with E-state index in [4.69, 9.17) is 23.2 Å². The molecule has 0 aliphatic rings. The van der Waals surface area contributed by atoms with Gasteiger partial charge >= 0.3 is 6.03 Å². The lowest BCUT2D eigenvalue weighted by atomic mass is 10.1. The van der Waals surface area contributed by atoms with Crippen molar-refractivity contribution < 1.29 is 4.79 Å². The molecular weight excluding hydrogens is 501 g/mol. The lowest BCUT2D eigenvalue weighted by molar-refractivity contribution is 0.251. The number of thioether (sulfide) groups is 1. The van der Waals surface area contributed by atoms with Gasteiger partial charge in [0.15, 0.2) is 11.0 Å². The van der Waals surface area contributed by atoms with Gasteiger partial charge in [-0.15, -0.1) is 10.2 Å². The van der Waals surface area contributed by atoms with Crippen LogP contribution in [-0.4, -0.2) is 20.8 Å². The molecule has 0 fully saturated rings. The molecule has 2 amide bonds. The number of aryl methyl sites for hydroxylation is 2. The fourth-order valence-electron chi connectivity index (χ4n) is 3.49. The quantitative estimate of drug-likeness (QED) is 0.241. The van der Waals surface area contributed by atoms with Crippen molar-refractivity contribution in [3.8, 4) is 5.69 Å². The molecule has 4 rings (SSSR count). The minimum absolute atomic E-state index is 0.162. The molecule has 0 saturated carbocycles.